The predicted molar refractivity (Wildman–Crippen MR) is 337 cm³/mol. The molecule has 3 unspecified atom stereocenters. The number of amides is 1. The van der Waals surface area contributed by atoms with Gasteiger partial charge < -0.3 is 19.4 Å². The van der Waals surface area contributed by atoms with Crippen LogP contribution in [-0.4, -0.2) is 74.3 Å². The quantitative estimate of drug-likeness (QED) is 0.0205. The van der Waals surface area contributed by atoms with Gasteiger partial charge in [-0.25, -0.2) is 4.57 Å². The van der Waals surface area contributed by atoms with Crippen molar-refractivity contribution in [3.63, 3.8) is 0 Å². The van der Waals surface area contributed by atoms with Crippen LogP contribution in [0.4, 0.5) is 0 Å². The molecule has 0 fully saturated rings. The van der Waals surface area contributed by atoms with Gasteiger partial charge >= 0.3 is 13.8 Å². The average Bonchev–Trinajstić information content (AvgIpc) is 3.40. The Balaban J connectivity index is 5.14. The summed E-state index contributed by atoms with van der Waals surface area (Å²) in [6.45, 7) is 6.98. The van der Waals surface area contributed by atoms with E-state index in [1.54, 1.807) is 0 Å². The summed E-state index contributed by atoms with van der Waals surface area (Å²) < 4.78 is 30.8. The summed E-state index contributed by atoms with van der Waals surface area (Å²) in [5.74, 6) is -0.506. The maximum absolute atomic E-state index is 13.6. The van der Waals surface area contributed by atoms with Crippen molar-refractivity contribution in [3.8, 4) is 0 Å². The molecule has 0 aromatic carbocycles. The van der Waals surface area contributed by atoms with Crippen LogP contribution < -0.4 is 5.32 Å². The Morgan fingerprint density at radius 1 is 0.449 bits per heavy atom. The number of allylic oxidation sites excluding steroid dienone is 9. The molecule has 0 aliphatic heterocycles. The largest absolute Gasteiger partial charge is 0.472 e. The molecule has 9 nitrogen and oxygen atoms in total. The molecular formula is C68H128N2O7P+. The molecule has 0 aromatic heterocycles. The summed E-state index contributed by atoms with van der Waals surface area (Å²) in [6, 6.07) is -0.853. The Bertz CT molecular complexity index is 1520. The lowest BCUT2D eigenvalue weighted by atomic mass is 10.0. The van der Waals surface area contributed by atoms with Crippen molar-refractivity contribution in [2.45, 2.75) is 322 Å². The van der Waals surface area contributed by atoms with Gasteiger partial charge in [-0.15, -0.1) is 0 Å². The Labute approximate surface area is 483 Å². The highest BCUT2D eigenvalue weighted by atomic mass is 31.2. The third-order valence-electron chi connectivity index (χ3n) is 14.7. The first-order valence-corrected chi connectivity index (χ1v) is 34.6. The second-order valence-corrected chi connectivity index (χ2v) is 25.1. The van der Waals surface area contributed by atoms with Gasteiger partial charge in [0.1, 0.15) is 19.3 Å². The number of phosphoric ester groups is 1. The highest BCUT2D eigenvalue weighted by Crippen LogP contribution is 2.43. The molecule has 78 heavy (non-hydrogen) atoms. The number of hydrogen-bond donors (Lipinski definition) is 2. The van der Waals surface area contributed by atoms with Crippen molar-refractivity contribution < 1.29 is 37.3 Å². The van der Waals surface area contributed by atoms with Crippen molar-refractivity contribution in [2.75, 3.05) is 40.9 Å². The number of hydrogen-bond acceptors (Lipinski definition) is 6. The standard InChI is InChI=1S/C68H127N2O7P/c1-7-10-13-16-19-22-25-28-30-32-33-34-35-36-37-39-41-43-46-49-52-55-58-61-68(72)77-66(59-56-53-50-47-44-27-24-21-18-15-12-9-3)65(64-76-78(73,74)75-63-62-70(4,5)6)69-67(71)60-57-54-51-48-45-42-40-38-31-29-26-23-20-17-14-11-8-2/h19-20,22-23,28-31,56,59,65-66H,7-18,21,24-27,32-55,57-58,60-64H2,1-6H3,(H-,69,71,73,74)/p+1/b22-19-,23-20-,30-28-,31-29-,59-56-. The van der Waals surface area contributed by atoms with Gasteiger partial charge in [0.05, 0.1) is 33.8 Å². The molecule has 1 amide bonds. The minimum absolute atomic E-state index is 0.0381. The molecule has 2 N–H and O–H groups in total. The van der Waals surface area contributed by atoms with Crippen molar-refractivity contribution in [1.82, 2.24) is 5.32 Å². The van der Waals surface area contributed by atoms with Crippen molar-refractivity contribution in [1.29, 1.82) is 0 Å². The van der Waals surface area contributed by atoms with E-state index in [4.69, 9.17) is 13.8 Å². The Morgan fingerprint density at radius 3 is 1.18 bits per heavy atom. The summed E-state index contributed by atoms with van der Waals surface area (Å²) >= 11 is 0. The number of ether oxygens (including phenoxy) is 1. The number of nitrogens with one attached hydrogen (secondary N) is 1. The number of quaternary nitrogens is 1. The van der Waals surface area contributed by atoms with Gasteiger partial charge in [0.25, 0.3) is 0 Å². The summed E-state index contributed by atoms with van der Waals surface area (Å²) in [5, 5.41) is 3.06. The lowest BCUT2D eigenvalue weighted by Gasteiger charge is -2.27. The fourth-order valence-corrected chi connectivity index (χ4v) is 10.3. The zero-order valence-electron chi connectivity index (χ0n) is 52.2. The number of rotatable bonds is 60. The van der Waals surface area contributed by atoms with E-state index in [1.807, 2.05) is 33.3 Å². The van der Waals surface area contributed by atoms with E-state index in [9.17, 15) is 19.0 Å². The van der Waals surface area contributed by atoms with Gasteiger partial charge in [0, 0.05) is 12.8 Å². The third-order valence-corrected chi connectivity index (χ3v) is 15.7. The highest BCUT2D eigenvalue weighted by molar-refractivity contribution is 7.47. The zero-order chi connectivity index (χ0) is 57.2. The van der Waals surface area contributed by atoms with Gasteiger partial charge in [-0.05, 0) is 96.0 Å². The van der Waals surface area contributed by atoms with Gasteiger partial charge in [-0.1, -0.05) is 262 Å². The molecule has 0 radical (unpaired) electrons. The topological polar surface area (TPSA) is 111 Å². The van der Waals surface area contributed by atoms with Crippen molar-refractivity contribution in [2.24, 2.45) is 0 Å². The third kappa shape index (κ3) is 58.4. The first-order chi connectivity index (χ1) is 37.9. The average molecular weight is 1120 g/mol. The van der Waals surface area contributed by atoms with Crippen LogP contribution in [0.5, 0.6) is 0 Å². The molecule has 0 rings (SSSR count). The van der Waals surface area contributed by atoms with E-state index in [-0.39, 0.29) is 31.5 Å². The molecule has 3 atom stereocenters. The lowest BCUT2D eigenvalue weighted by Crippen LogP contribution is -2.47. The molecule has 0 aromatic rings. The van der Waals surface area contributed by atoms with E-state index in [2.05, 4.69) is 74.7 Å². The smallest absolute Gasteiger partial charge is 0.456 e. The first-order valence-electron chi connectivity index (χ1n) is 33.1. The van der Waals surface area contributed by atoms with Crippen LogP contribution in [0.25, 0.3) is 0 Å². The molecule has 0 heterocycles. The van der Waals surface area contributed by atoms with Crippen LogP contribution >= 0.6 is 7.82 Å². The van der Waals surface area contributed by atoms with Crippen molar-refractivity contribution in [3.05, 3.63) is 60.8 Å². The molecule has 0 saturated carbocycles. The van der Waals surface area contributed by atoms with E-state index in [1.165, 1.54) is 193 Å². The molecule has 0 aliphatic carbocycles. The molecule has 0 saturated heterocycles. The molecule has 0 spiro atoms. The maximum atomic E-state index is 13.6. The number of phosphoric acid groups is 1. The summed E-state index contributed by atoms with van der Waals surface area (Å²) in [4.78, 5) is 37.8. The number of carbonyl (C=O) groups excluding carboxylic acids is 2. The van der Waals surface area contributed by atoms with Crippen LogP contribution in [0.1, 0.15) is 310 Å². The summed E-state index contributed by atoms with van der Waals surface area (Å²) in [7, 11) is 1.49. The van der Waals surface area contributed by atoms with Gasteiger partial charge in [0.15, 0.2) is 0 Å². The SMILES string of the molecule is CCCCC/C=C\C/C=C\CCCCCCCCCCCCCCCC(=O)OC(/C=C\CCCCCCCCCCCC)C(COP(=O)(O)OCC[N+](C)(C)C)NC(=O)CCCCCCCCC/C=C\C/C=C\CCCCC. The van der Waals surface area contributed by atoms with E-state index in [0.29, 0.717) is 17.4 Å². The number of nitrogens with zero attached hydrogens (tertiary/aromatic N) is 1. The van der Waals surface area contributed by atoms with E-state index < -0.39 is 20.0 Å². The second-order valence-electron chi connectivity index (χ2n) is 23.6. The minimum Gasteiger partial charge on any atom is -0.456 e. The molecule has 456 valence electrons. The lowest BCUT2D eigenvalue weighted by molar-refractivity contribution is -0.870. The van der Waals surface area contributed by atoms with E-state index in [0.717, 1.165) is 83.5 Å². The Morgan fingerprint density at radius 2 is 0.782 bits per heavy atom. The first kappa shape index (κ1) is 75.7. The monoisotopic (exact) mass is 1120 g/mol. The van der Waals surface area contributed by atoms with Crippen LogP contribution in [0, 0.1) is 0 Å². The number of esters is 1. The fraction of sp³-hybridized carbons (Fsp3) is 0.824. The maximum Gasteiger partial charge on any atom is 0.472 e. The molecule has 10 heteroatoms. The van der Waals surface area contributed by atoms with E-state index >= 15 is 0 Å². The Hall–Kier alpha value is -2.29. The normalized spacial score (nSPS) is 14.0. The van der Waals surface area contributed by atoms with Crippen LogP contribution in [-0.2, 0) is 27.9 Å². The fourth-order valence-electron chi connectivity index (χ4n) is 9.53. The van der Waals surface area contributed by atoms with Gasteiger partial charge in [0.2, 0.25) is 5.91 Å². The van der Waals surface area contributed by atoms with Crippen LogP contribution in [0.3, 0.4) is 0 Å². The van der Waals surface area contributed by atoms with Crippen molar-refractivity contribution >= 4 is 19.7 Å². The second kappa shape index (κ2) is 57.9. The molecular weight excluding hydrogens is 988 g/mol. The number of likely N-dealkylation sites (N-methyl/N-ethyl adjacent to an activating group) is 1. The zero-order valence-corrected chi connectivity index (χ0v) is 53.1. The minimum atomic E-state index is -4.45. The predicted octanol–water partition coefficient (Wildman–Crippen LogP) is 20.6. The van der Waals surface area contributed by atoms with Gasteiger partial charge in [-0.3, -0.25) is 18.6 Å². The van der Waals surface area contributed by atoms with Crippen LogP contribution in [0.15, 0.2) is 60.8 Å². The van der Waals surface area contributed by atoms with Crippen LogP contribution in [0.2, 0.25) is 0 Å². The number of unbranched alkanes of at least 4 members (excludes halogenated alkanes) is 36. The Kier molecular flexibility index (Phi) is 56.2. The summed E-state index contributed by atoms with van der Waals surface area (Å²) in [5.41, 5.74) is 0. The highest BCUT2D eigenvalue weighted by Gasteiger charge is 2.30. The molecule has 0 aliphatic rings. The number of carbonyl (C=O) groups is 2. The molecule has 0 bridgehead atoms. The van der Waals surface area contributed by atoms with Gasteiger partial charge in [-0.2, -0.15) is 0 Å². The summed E-state index contributed by atoms with van der Waals surface area (Å²) in [6.07, 6.45) is 73.6.